The molecule has 0 bridgehead atoms. The van der Waals surface area contributed by atoms with Crippen molar-refractivity contribution < 1.29 is 0 Å². The largest absolute Gasteiger partial charge is 0.327 e. The van der Waals surface area contributed by atoms with Crippen molar-refractivity contribution in [1.82, 2.24) is 4.90 Å². The van der Waals surface area contributed by atoms with Crippen molar-refractivity contribution in [3.05, 3.63) is 45.6 Å². The van der Waals surface area contributed by atoms with E-state index in [2.05, 4.69) is 29.4 Å². The molecule has 3 heterocycles. The van der Waals surface area contributed by atoms with Crippen LogP contribution >= 0.6 is 11.8 Å². The van der Waals surface area contributed by atoms with Gasteiger partial charge >= 0.3 is 0 Å². The van der Waals surface area contributed by atoms with E-state index in [1.807, 2.05) is 11.8 Å². The average Bonchev–Trinajstić information content (AvgIpc) is 2.83. The molecule has 3 aliphatic heterocycles. The number of hydrogen-bond donors (Lipinski definition) is 0. The van der Waals surface area contributed by atoms with Gasteiger partial charge in [0.25, 0.3) is 0 Å². The van der Waals surface area contributed by atoms with Gasteiger partial charge in [0, 0.05) is 39.4 Å². The Labute approximate surface area is 124 Å². The lowest BCUT2D eigenvalue weighted by molar-refractivity contribution is 0.318. The van der Waals surface area contributed by atoms with Crippen molar-refractivity contribution in [1.29, 1.82) is 5.26 Å². The third kappa shape index (κ3) is 1.64. The molecule has 2 nitrogen and oxygen atoms in total. The number of allylic oxidation sites excluding steroid dienone is 6. The van der Waals surface area contributed by atoms with Gasteiger partial charge in [0.05, 0.1) is 6.07 Å². The molecule has 1 aliphatic carbocycles. The SMILES string of the molecule is N#C/C=C1\CC23CCCCC2=CN2C=CCCC2=C3S1. The van der Waals surface area contributed by atoms with Crippen LogP contribution in [0.1, 0.15) is 44.9 Å². The van der Waals surface area contributed by atoms with E-state index in [1.165, 1.54) is 36.3 Å². The average molecular weight is 282 g/mol. The first-order valence-electron chi connectivity index (χ1n) is 7.50. The first-order chi connectivity index (χ1) is 9.83. The summed E-state index contributed by atoms with van der Waals surface area (Å²) in [4.78, 5) is 5.17. The zero-order valence-electron chi connectivity index (χ0n) is 11.6. The molecule has 1 unspecified atom stereocenters. The van der Waals surface area contributed by atoms with Crippen LogP contribution in [0.4, 0.5) is 0 Å². The lowest BCUT2D eigenvalue weighted by Gasteiger charge is -2.44. The predicted molar refractivity (Wildman–Crippen MR) is 82.1 cm³/mol. The summed E-state index contributed by atoms with van der Waals surface area (Å²) in [6, 6.07) is 2.23. The molecule has 102 valence electrons. The van der Waals surface area contributed by atoms with Crippen molar-refractivity contribution in [2.45, 2.75) is 44.9 Å². The zero-order chi connectivity index (χ0) is 13.6. The second-order valence-electron chi connectivity index (χ2n) is 6.07. The van der Waals surface area contributed by atoms with Crippen molar-refractivity contribution >= 4 is 11.8 Å². The number of hydrogen-bond acceptors (Lipinski definition) is 3. The van der Waals surface area contributed by atoms with Gasteiger partial charge in [-0.3, -0.25) is 0 Å². The predicted octanol–water partition coefficient (Wildman–Crippen LogP) is 4.81. The Kier molecular flexibility index (Phi) is 2.82. The Balaban J connectivity index is 1.87. The van der Waals surface area contributed by atoms with Crippen molar-refractivity contribution in [3.63, 3.8) is 0 Å². The fraction of sp³-hybridized carbons (Fsp3) is 0.471. The quantitative estimate of drug-likeness (QED) is 0.597. The summed E-state index contributed by atoms with van der Waals surface area (Å²) in [6.45, 7) is 0. The summed E-state index contributed by atoms with van der Waals surface area (Å²) in [6.07, 6.45) is 17.1. The fourth-order valence-electron chi connectivity index (χ4n) is 4.07. The molecule has 4 rings (SSSR count). The van der Waals surface area contributed by atoms with Crippen LogP contribution in [0.15, 0.2) is 45.6 Å². The topological polar surface area (TPSA) is 27.0 Å². The number of rotatable bonds is 0. The van der Waals surface area contributed by atoms with Gasteiger partial charge in [0.15, 0.2) is 0 Å². The van der Waals surface area contributed by atoms with Crippen molar-refractivity contribution in [2.24, 2.45) is 5.41 Å². The molecule has 1 spiro atoms. The van der Waals surface area contributed by atoms with E-state index < -0.39 is 0 Å². The summed E-state index contributed by atoms with van der Waals surface area (Å²) in [5, 5.41) is 8.99. The van der Waals surface area contributed by atoms with Gasteiger partial charge < -0.3 is 4.90 Å². The molecule has 0 aromatic heterocycles. The lowest BCUT2D eigenvalue weighted by Crippen LogP contribution is -2.33. The van der Waals surface area contributed by atoms with E-state index in [9.17, 15) is 0 Å². The van der Waals surface area contributed by atoms with Crippen LogP contribution in [0, 0.1) is 16.7 Å². The number of nitriles is 1. The molecule has 3 heteroatoms. The Morgan fingerprint density at radius 1 is 1.35 bits per heavy atom. The van der Waals surface area contributed by atoms with Crippen LogP contribution in [0.2, 0.25) is 0 Å². The van der Waals surface area contributed by atoms with Crippen molar-refractivity contribution in [2.75, 3.05) is 0 Å². The highest BCUT2D eigenvalue weighted by atomic mass is 32.2. The molecule has 0 amide bonds. The highest BCUT2D eigenvalue weighted by Crippen LogP contribution is 2.65. The second-order valence-corrected chi connectivity index (χ2v) is 7.21. The smallest absolute Gasteiger partial charge is 0.0920 e. The van der Waals surface area contributed by atoms with E-state index in [4.69, 9.17) is 5.26 Å². The Hall–Kier alpha value is -1.40. The first kappa shape index (κ1) is 12.3. The first-order valence-corrected chi connectivity index (χ1v) is 8.31. The molecule has 20 heavy (non-hydrogen) atoms. The van der Waals surface area contributed by atoms with Gasteiger partial charge in [0.2, 0.25) is 0 Å². The van der Waals surface area contributed by atoms with E-state index in [0.717, 1.165) is 19.3 Å². The van der Waals surface area contributed by atoms with Gasteiger partial charge in [-0.15, -0.1) is 0 Å². The van der Waals surface area contributed by atoms with Crippen LogP contribution in [0.3, 0.4) is 0 Å². The molecular formula is C17H18N2S. The maximum absolute atomic E-state index is 8.99. The van der Waals surface area contributed by atoms with E-state index in [0.29, 0.717) is 0 Å². The lowest BCUT2D eigenvalue weighted by atomic mass is 9.66. The van der Waals surface area contributed by atoms with E-state index in [-0.39, 0.29) is 5.41 Å². The minimum Gasteiger partial charge on any atom is -0.327 e. The highest BCUT2D eigenvalue weighted by Gasteiger charge is 2.49. The molecule has 0 N–H and O–H groups in total. The summed E-state index contributed by atoms with van der Waals surface area (Å²) >= 11 is 1.88. The summed E-state index contributed by atoms with van der Waals surface area (Å²) < 4.78 is 0. The Morgan fingerprint density at radius 2 is 2.30 bits per heavy atom. The number of thioether (sulfide) groups is 1. The normalized spacial score (nSPS) is 33.5. The van der Waals surface area contributed by atoms with Gasteiger partial charge in [-0.25, -0.2) is 0 Å². The van der Waals surface area contributed by atoms with Crippen LogP contribution in [-0.4, -0.2) is 4.90 Å². The maximum atomic E-state index is 8.99. The summed E-state index contributed by atoms with van der Waals surface area (Å²) in [7, 11) is 0. The zero-order valence-corrected chi connectivity index (χ0v) is 12.4. The Morgan fingerprint density at radius 3 is 3.20 bits per heavy atom. The minimum absolute atomic E-state index is 0.253. The standard InChI is InChI=1S/C17H18N2S/c18-9-7-14-11-17-8-3-1-5-13(17)12-19-10-4-2-6-15(19)16(17)20-14/h4,7,10,12H,1-3,5-6,8,11H2/b14-7+. The fourth-order valence-corrected chi connectivity index (χ4v) is 5.59. The Bertz CT molecular complexity index is 617. The van der Waals surface area contributed by atoms with Gasteiger partial charge in [-0.05, 0) is 44.1 Å². The third-order valence-corrected chi connectivity index (χ3v) is 6.32. The molecule has 2 fully saturated rings. The van der Waals surface area contributed by atoms with Crippen LogP contribution in [0.25, 0.3) is 0 Å². The van der Waals surface area contributed by atoms with Crippen LogP contribution in [0.5, 0.6) is 0 Å². The van der Waals surface area contributed by atoms with Gasteiger partial charge in [0.1, 0.15) is 0 Å². The highest BCUT2D eigenvalue weighted by molar-refractivity contribution is 8.07. The number of nitrogens with zero attached hydrogens (tertiary/aromatic N) is 2. The van der Waals surface area contributed by atoms with Gasteiger partial charge in [-0.2, -0.15) is 5.26 Å². The maximum Gasteiger partial charge on any atom is 0.0920 e. The molecule has 0 aromatic carbocycles. The molecule has 0 radical (unpaired) electrons. The summed E-state index contributed by atoms with van der Waals surface area (Å²) in [5.41, 5.74) is 3.34. The molecule has 4 aliphatic rings. The molecule has 1 saturated heterocycles. The van der Waals surface area contributed by atoms with E-state index >= 15 is 0 Å². The van der Waals surface area contributed by atoms with Gasteiger partial charge in [-0.1, -0.05) is 24.3 Å². The number of fused-ring (bicyclic) bond motifs is 1. The van der Waals surface area contributed by atoms with Crippen LogP contribution in [-0.2, 0) is 0 Å². The minimum atomic E-state index is 0.253. The molecule has 1 atom stereocenters. The molecular weight excluding hydrogens is 264 g/mol. The second kappa shape index (κ2) is 4.56. The van der Waals surface area contributed by atoms with Crippen molar-refractivity contribution in [3.8, 4) is 6.07 Å². The third-order valence-electron chi connectivity index (χ3n) is 4.97. The van der Waals surface area contributed by atoms with E-state index in [1.54, 1.807) is 16.6 Å². The van der Waals surface area contributed by atoms with Crippen LogP contribution < -0.4 is 0 Å². The summed E-state index contributed by atoms with van der Waals surface area (Å²) in [5.74, 6) is 0. The monoisotopic (exact) mass is 282 g/mol. The molecule has 1 saturated carbocycles. The molecule has 0 aromatic rings.